The SMILES string of the molecule is CCCCN(C)c1ncnc2nc[nH]c12. The van der Waals surface area contributed by atoms with Crippen LogP contribution in [-0.4, -0.2) is 33.5 Å². The minimum absolute atomic E-state index is 0.725. The van der Waals surface area contributed by atoms with Crippen molar-refractivity contribution in [2.24, 2.45) is 0 Å². The van der Waals surface area contributed by atoms with E-state index in [9.17, 15) is 0 Å². The maximum atomic E-state index is 4.28. The van der Waals surface area contributed by atoms with E-state index in [1.165, 1.54) is 6.42 Å². The molecule has 0 aliphatic heterocycles. The Morgan fingerprint density at radius 2 is 2.20 bits per heavy atom. The predicted octanol–water partition coefficient (Wildman–Crippen LogP) is 1.59. The molecule has 0 bridgehead atoms. The molecule has 5 heteroatoms. The number of nitrogens with one attached hydrogen (secondary N) is 1. The van der Waals surface area contributed by atoms with Crippen LogP contribution < -0.4 is 4.90 Å². The lowest BCUT2D eigenvalue weighted by atomic mass is 10.3. The third-order valence-corrected chi connectivity index (χ3v) is 2.41. The van der Waals surface area contributed by atoms with Crippen LogP contribution in [0.25, 0.3) is 11.2 Å². The Morgan fingerprint density at radius 3 is 3.00 bits per heavy atom. The predicted molar refractivity (Wildman–Crippen MR) is 59.9 cm³/mol. The molecule has 0 saturated carbocycles. The van der Waals surface area contributed by atoms with E-state index in [-0.39, 0.29) is 0 Å². The summed E-state index contributed by atoms with van der Waals surface area (Å²) in [6.07, 6.45) is 5.55. The Kier molecular flexibility index (Phi) is 2.80. The van der Waals surface area contributed by atoms with E-state index in [1.54, 1.807) is 12.7 Å². The van der Waals surface area contributed by atoms with Gasteiger partial charge in [0.2, 0.25) is 0 Å². The number of imidazole rings is 1. The summed E-state index contributed by atoms with van der Waals surface area (Å²) in [5.41, 5.74) is 1.64. The molecule has 0 aliphatic rings. The highest BCUT2D eigenvalue weighted by Gasteiger charge is 2.09. The van der Waals surface area contributed by atoms with Gasteiger partial charge in [-0.1, -0.05) is 13.3 Å². The Labute approximate surface area is 88.6 Å². The molecule has 15 heavy (non-hydrogen) atoms. The monoisotopic (exact) mass is 205 g/mol. The fraction of sp³-hybridized carbons (Fsp3) is 0.500. The molecule has 2 rings (SSSR count). The fourth-order valence-corrected chi connectivity index (χ4v) is 1.54. The summed E-state index contributed by atoms with van der Waals surface area (Å²) in [7, 11) is 2.04. The highest BCUT2D eigenvalue weighted by Crippen LogP contribution is 2.18. The van der Waals surface area contributed by atoms with Crippen molar-refractivity contribution in [2.45, 2.75) is 19.8 Å². The van der Waals surface area contributed by atoms with E-state index in [0.717, 1.165) is 29.9 Å². The Bertz CT molecular complexity index is 436. The second-order valence-electron chi connectivity index (χ2n) is 3.57. The number of anilines is 1. The molecule has 1 N–H and O–H groups in total. The molecule has 2 heterocycles. The highest BCUT2D eigenvalue weighted by molar-refractivity contribution is 5.82. The lowest BCUT2D eigenvalue weighted by molar-refractivity contribution is 0.760. The van der Waals surface area contributed by atoms with Crippen molar-refractivity contribution in [3.8, 4) is 0 Å². The first kappa shape index (κ1) is 9.89. The van der Waals surface area contributed by atoms with Gasteiger partial charge < -0.3 is 9.88 Å². The zero-order valence-corrected chi connectivity index (χ0v) is 9.06. The first-order chi connectivity index (χ1) is 7.33. The van der Waals surface area contributed by atoms with Gasteiger partial charge in [0.15, 0.2) is 11.5 Å². The van der Waals surface area contributed by atoms with Crippen molar-refractivity contribution >= 4 is 17.0 Å². The zero-order chi connectivity index (χ0) is 10.7. The van der Waals surface area contributed by atoms with Crippen molar-refractivity contribution in [3.63, 3.8) is 0 Å². The Balaban J connectivity index is 2.29. The number of hydrogen-bond donors (Lipinski definition) is 1. The van der Waals surface area contributed by atoms with E-state index in [2.05, 4.69) is 31.8 Å². The maximum Gasteiger partial charge on any atom is 0.182 e. The van der Waals surface area contributed by atoms with Crippen LogP contribution in [0.2, 0.25) is 0 Å². The van der Waals surface area contributed by atoms with Crippen molar-refractivity contribution < 1.29 is 0 Å². The summed E-state index contributed by atoms with van der Waals surface area (Å²) in [6.45, 7) is 3.18. The second-order valence-corrected chi connectivity index (χ2v) is 3.57. The van der Waals surface area contributed by atoms with E-state index in [4.69, 9.17) is 0 Å². The molecule has 0 unspecified atom stereocenters. The van der Waals surface area contributed by atoms with Crippen LogP contribution >= 0.6 is 0 Å². The van der Waals surface area contributed by atoms with E-state index in [1.807, 2.05) is 7.05 Å². The normalized spacial score (nSPS) is 10.8. The van der Waals surface area contributed by atoms with Gasteiger partial charge in [0.25, 0.3) is 0 Å². The number of hydrogen-bond acceptors (Lipinski definition) is 4. The molecule has 0 amide bonds. The Hall–Kier alpha value is -1.65. The van der Waals surface area contributed by atoms with Gasteiger partial charge >= 0.3 is 0 Å². The average Bonchev–Trinajstić information content (AvgIpc) is 2.73. The first-order valence-electron chi connectivity index (χ1n) is 5.18. The summed E-state index contributed by atoms with van der Waals surface area (Å²) in [4.78, 5) is 17.7. The molecular formula is C10H15N5. The number of fused-ring (bicyclic) bond motifs is 1. The minimum Gasteiger partial charge on any atom is -0.358 e. The summed E-state index contributed by atoms with van der Waals surface area (Å²) in [5.74, 6) is 0.922. The maximum absolute atomic E-state index is 4.28. The van der Waals surface area contributed by atoms with Gasteiger partial charge in [0.1, 0.15) is 11.8 Å². The van der Waals surface area contributed by atoms with Crippen LogP contribution in [0, 0.1) is 0 Å². The van der Waals surface area contributed by atoms with Gasteiger partial charge in [0.05, 0.1) is 6.33 Å². The first-order valence-corrected chi connectivity index (χ1v) is 5.18. The van der Waals surface area contributed by atoms with Gasteiger partial charge in [-0.25, -0.2) is 15.0 Å². The molecule has 0 atom stereocenters. The lowest BCUT2D eigenvalue weighted by Gasteiger charge is -2.17. The number of aromatic nitrogens is 4. The van der Waals surface area contributed by atoms with Crippen LogP contribution in [0.15, 0.2) is 12.7 Å². The molecule has 0 spiro atoms. The summed E-state index contributed by atoms with van der Waals surface area (Å²) >= 11 is 0. The summed E-state index contributed by atoms with van der Waals surface area (Å²) < 4.78 is 0. The van der Waals surface area contributed by atoms with Gasteiger partial charge in [0, 0.05) is 13.6 Å². The van der Waals surface area contributed by atoms with Gasteiger partial charge in [-0.3, -0.25) is 0 Å². The van der Waals surface area contributed by atoms with Crippen molar-refractivity contribution in [3.05, 3.63) is 12.7 Å². The molecule has 0 radical (unpaired) electrons. The highest BCUT2D eigenvalue weighted by atomic mass is 15.2. The standard InChI is InChI=1S/C10H15N5/c1-3-4-5-15(2)10-8-9(12-6-11-8)13-7-14-10/h6-7H,3-5H2,1-2H3,(H,11,12,13,14). The van der Waals surface area contributed by atoms with Crippen molar-refractivity contribution in [1.29, 1.82) is 0 Å². The molecule has 5 nitrogen and oxygen atoms in total. The summed E-state index contributed by atoms with van der Waals surface area (Å²) in [6, 6.07) is 0. The third-order valence-electron chi connectivity index (χ3n) is 2.41. The average molecular weight is 205 g/mol. The Morgan fingerprint density at radius 1 is 1.33 bits per heavy atom. The number of H-pyrrole nitrogens is 1. The van der Waals surface area contributed by atoms with Crippen LogP contribution in [0.3, 0.4) is 0 Å². The quantitative estimate of drug-likeness (QED) is 0.823. The molecule has 0 saturated heterocycles. The van der Waals surface area contributed by atoms with Crippen molar-refractivity contribution in [1.82, 2.24) is 19.9 Å². The number of nitrogens with zero attached hydrogens (tertiary/aromatic N) is 4. The number of rotatable bonds is 4. The van der Waals surface area contributed by atoms with E-state index < -0.39 is 0 Å². The van der Waals surface area contributed by atoms with E-state index >= 15 is 0 Å². The number of aromatic amines is 1. The molecule has 2 aromatic rings. The minimum atomic E-state index is 0.725. The van der Waals surface area contributed by atoms with Gasteiger partial charge in [-0.15, -0.1) is 0 Å². The topological polar surface area (TPSA) is 57.7 Å². The third kappa shape index (κ3) is 1.91. The molecule has 80 valence electrons. The van der Waals surface area contributed by atoms with Crippen molar-refractivity contribution in [2.75, 3.05) is 18.5 Å². The van der Waals surface area contributed by atoms with Gasteiger partial charge in [-0.2, -0.15) is 0 Å². The van der Waals surface area contributed by atoms with Crippen LogP contribution in [0.1, 0.15) is 19.8 Å². The molecule has 0 aromatic carbocycles. The molecule has 0 aliphatic carbocycles. The van der Waals surface area contributed by atoms with E-state index in [0.29, 0.717) is 0 Å². The summed E-state index contributed by atoms with van der Waals surface area (Å²) in [5, 5.41) is 0. The van der Waals surface area contributed by atoms with Gasteiger partial charge in [-0.05, 0) is 6.42 Å². The van der Waals surface area contributed by atoms with Crippen LogP contribution in [0.4, 0.5) is 5.82 Å². The van der Waals surface area contributed by atoms with Crippen LogP contribution in [-0.2, 0) is 0 Å². The molecular weight excluding hydrogens is 190 g/mol. The molecule has 0 fully saturated rings. The largest absolute Gasteiger partial charge is 0.358 e. The lowest BCUT2D eigenvalue weighted by Crippen LogP contribution is -2.20. The second kappa shape index (κ2) is 4.25. The fourth-order valence-electron chi connectivity index (χ4n) is 1.54. The van der Waals surface area contributed by atoms with Crippen LogP contribution in [0.5, 0.6) is 0 Å². The zero-order valence-electron chi connectivity index (χ0n) is 9.06. The number of unbranched alkanes of at least 4 members (excludes halogenated alkanes) is 1. The smallest absolute Gasteiger partial charge is 0.182 e. The molecule has 2 aromatic heterocycles.